The van der Waals surface area contributed by atoms with Gasteiger partial charge in [-0.05, 0) is 89.2 Å². The number of rotatable bonds is 9. The van der Waals surface area contributed by atoms with E-state index >= 15 is 0 Å². The van der Waals surface area contributed by atoms with Crippen LogP contribution in [0.25, 0.3) is 28.0 Å². The van der Waals surface area contributed by atoms with E-state index in [0.717, 1.165) is 40.5 Å². The zero-order valence-corrected chi connectivity index (χ0v) is 26.1. The smallest absolute Gasteiger partial charge is 0.0540 e. The molecule has 0 aliphatic rings. The normalized spacial score (nSPS) is 10.9. The highest BCUT2D eigenvalue weighted by Crippen LogP contribution is 2.41. The van der Waals surface area contributed by atoms with Gasteiger partial charge in [0.25, 0.3) is 0 Å². The fourth-order valence-corrected chi connectivity index (χ4v) is 6.36. The van der Waals surface area contributed by atoms with E-state index in [2.05, 4.69) is 193 Å². The molecule has 0 aliphatic carbocycles. The molecular weight excluding hydrogens is 556 g/mol. The van der Waals surface area contributed by atoms with Gasteiger partial charge in [-0.2, -0.15) is 0 Å². The third-order valence-corrected chi connectivity index (χ3v) is 8.62. The molecule has 0 atom stereocenters. The Kier molecular flexibility index (Phi) is 8.17. The Hall–Kier alpha value is -5.86. The molecule has 0 saturated heterocycles. The van der Waals surface area contributed by atoms with Crippen LogP contribution in [-0.4, -0.2) is 0 Å². The number of fused-ring (bicyclic) bond motifs is 1. The third kappa shape index (κ3) is 5.58. The van der Waals surface area contributed by atoms with Crippen molar-refractivity contribution in [2.45, 2.75) is 13.3 Å². The lowest BCUT2D eigenvalue weighted by Crippen LogP contribution is -2.12. The largest absolute Gasteiger partial charge is 0.310 e. The van der Waals surface area contributed by atoms with Gasteiger partial charge in [0.2, 0.25) is 0 Å². The first kappa shape index (κ1) is 28.9. The minimum atomic E-state index is 0.953. The maximum absolute atomic E-state index is 4.17. The molecule has 0 bridgehead atoms. The van der Waals surface area contributed by atoms with Gasteiger partial charge in [0.15, 0.2) is 0 Å². The van der Waals surface area contributed by atoms with Crippen LogP contribution in [0.2, 0.25) is 0 Å². The molecular formula is C44H36N2. The molecule has 0 aliphatic heterocycles. The molecule has 0 heterocycles. The van der Waals surface area contributed by atoms with Crippen molar-refractivity contribution < 1.29 is 0 Å². The summed E-state index contributed by atoms with van der Waals surface area (Å²) in [5.74, 6) is 0. The van der Waals surface area contributed by atoms with Crippen molar-refractivity contribution >= 4 is 51.0 Å². The van der Waals surface area contributed by atoms with Crippen molar-refractivity contribution in [2.75, 3.05) is 9.80 Å². The number of anilines is 6. The summed E-state index contributed by atoms with van der Waals surface area (Å²) in [7, 11) is 0. The van der Waals surface area contributed by atoms with Gasteiger partial charge in [-0.15, -0.1) is 0 Å². The molecule has 222 valence electrons. The Morgan fingerprint density at radius 1 is 0.457 bits per heavy atom. The molecule has 2 nitrogen and oxygen atoms in total. The Bertz CT molecular complexity index is 2070. The second-order valence-electron chi connectivity index (χ2n) is 11.3. The van der Waals surface area contributed by atoms with Crippen LogP contribution in [0, 0.1) is 0 Å². The summed E-state index contributed by atoms with van der Waals surface area (Å²) >= 11 is 0. The van der Waals surface area contributed by atoms with E-state index in [1.54, 1.807) is 0 Å². The maximum Gasteiger partial charge on any atom is 0.0540 e. The van der Waals surface area contributed by atoms with Gasteiger partial charge < -0.3 is 9.80 Å². The van der Waals surface area contributed by atoms with Crippen LogP contribution in [-0.2, 0) is 6.42 Å². The Morgan fingerprint density at radius 2 is 0.913 bits per heavy atom. The van der Waals surface area contributed by atoms with Crippen molar-refractivity contribution in [1.29, 1.82) is 0 Å². The van der Waals surface area contributed by atoms with E-state index < -0.39 is 0 Å². The Balaban J connectivity index is 1.25. The second-order valence-corrected chi connectivity index (χ2v) is 11.3. The number of hydrogen-bond acceptors (Lipinski definition) is 2. The fraction of sp³-hybridized carbons (Fsp3) is 0.0455. The molecule has 0 amide bonds. The molecule has 46 heavy (non-hydrogen) atoms. The van der Waals surface area contributed by atoms with Crippen LogP contribution in [0.15, 0.2) is 176 Å². The summed E-state index contributed by atoms with van der Waals surface area (Å²) < 4.78 is 0. The molecule has 0 unspecified atom stereocenters. The number of nitrogens with zero attached hydrogens (tertiary/aromatic N) is 2. The third-order valence-electron chi connectivity index (χ3n) is 8.62. The van der Waals surface area contributed by atoms with Crippen molar-refractivity contribution in [3.8, 4) is 11.1 Å². The van der Waals surface area contributed by atoms with Crippen LogP contribution >= 0.6 is 0 Å². The van der Waals surface area contributed by atoms with E-state index in [0.29, 0.717) is 0 Å². The lowest BCUT2D eigenvalue weighted by Gasteiger charge is -2.28. The molecule has 0 spiro atoms. The van der Waals surface area contributed by atoms with Gasteiger partial charge in [0.05, 0.1) is 11.4 Å². The highest BCUT2D eigenvalue weighted by Gasteiger charge is 2.18. The average molecular weight is 593 g/mol. The van der Waals surface area contributed by atoms with Gasteiger partial charge in [-0.25, -0.2) is 0 Å². The molecule has 0 aromatic heterocycles. The molecule has 0 saturated carbocycles. The maximum atomic E-state index is 4.17. The Morgan fingerprint density at radius 3 is 1.48 bits per heavy atom. The lowest BCUT2D eigenvalue weighted by atomic mass is 10.0. The van der Waals surface area contributed by atoms with Crippen LogP contribution in [0.1, 0.15) is 18.1 Å². The van der Waals surface area contributed by atoms with Crippen molar-refractivity contribution in [2.24, 2.45) is 0 Å². The predicted molar refractivity (Wildman–Crippen MR) is 198 cm³/mol. The van der Waals surface area contributed by atoms with Crippen molar-refractivity contribution in [3.05, 3.63) is 188 Å². The first-order valence-corrected chi connectivity index (χ1v) is 15.9. The first-order chi connectivity index (χ1) is 22.7. The van der Waals surface area contributed by atoms with Gasteiger partial charge in [0.1, 0.15) is 0 Å². The second kappa shape index (κ2) is 13.0. The monoisotopic (exact) mass is 592 g/mol. The molecule has 7 aromatic rings. The molecule has 0 radical (unpaired) electrons. The van der Waals surface area contributed by atoms with Crippen molar-refractivity contribution in [3.63, 3.8) is 0 Å². The van der Waals surface area contributed by atoms with Gasteiger partial charge in [-0.1, -0.05) is 129 Å². The number of aryl methyl sites for hydroxylation is 1. The molecule has 0 N–H and O–H groups in total. The standard InChI is InChI=1S/C44H36N2/c1-3-33-16-13-23-43(41(33)4-2)45(37-18-7-5-8-19-37)39-29-25-34(26-30-39)35-27-31-40(32-28-35)46(38-20-9-6-10-21-38)44-24-14-17-36-15-11-12-22-42(36)44/h4-32H,2-3H2,1H3. The topological polar surface area (TPSA) is 6.48 Å². The van der Waals surface area contributed by atoms with Crippen LogP contribution in [0.3, 0.4) is 0 Å². The van der Waals surface area contributed by atoms with E-state index in [-0.39, 0.29) is 0 Å². The van der Waals surface area contributed by atoms with E-state index in [9.17, 15) is 0 Å². The molecule has 0 fully saturated rings. The van der Waals surface area contributed by atoms with Gasteiger partial charge in [-0.3, -0.25) is 0 Å². The zero-order valence-electron chi connectivity index (χ0n) is 26.1. The number of benzene rings is 7. The van der Waals surface area contributed by atoms with Crippen LogP contribution < -0.4 is 9.80 Å². The van der Waals surface area contributed by atoms with Gasteiger partial charge in [0, 0.05) is 33.7 Å². The van der Waals surface area contributed by atoms with E-state index in [4.69, 9.17) is 0 Å². The van der Waals surface area contributed by atoms with Crippen molar-refractivity contribution in [1.82, 2.24) is 0 Å². The first-order valence-electron chi connectivity index (χ1n) is 15.9. The quantitative estimate of drug-likeness (QED) is 0.164. The zero-order chi connectivity index (χ0) is 31.3. The highest BCUT2D eigenvalue weighted by molar-refractivity contribution is 5.99. The SMILES string of the molecule is C=Cc1c(CC)cccc1N(c1ccccc1)c1ccc(-c2ccc(N(c3ccccc3)c3cccc4ccccc34)cc2)cc1. The van der Waals surface area contributed by atoms with E-state index in [1.165, 1.54) is 33.0 Å². The summed E-state index contributed by atoms with van der Waals surface area (Å²) in [4.78, 5) is 4.67. The summed E-state index contributed by atoms with van der Waals surface area (Å²) in [5, 5.41) is 2.45. The number of para-hydroxylation sites is 2. The van der Waals surface area contributed by atoms with Gasteiger partial charge >= 0.3 is 0 Å². The fourth-order valence-electron chi connectivity index (χ4n) is 6.36. The minimum Gasteiger partial charge on any atom is -0.310 e. The van der Waals surface area contributed by atoms with Crippen LogP contribution in [0.4, 0.5) is 34.1 Å². The average Bonchev–Trinajstić information content (AvgIpc) is 3.13. The van der Waals surface area contributed by atoms with E-state index in [1.807, 2.05) is 6.08 Å². The number of hydrogen-bond donors (Lipinski definition) is 0. The predicted octanol–water partition coefficient (Wildman–Crippen LogP) is 12.7. The summed E-state index contributed by atoms with van der Waals surface area (Å²) in [6.45, 7) is 6.36. The summed E-state index contributed by atoms with van der Waals surface area (Å²) in [6, 6.07) is 60.5. The molecule has 2 heteroatoms. The molecule has 7 rings (SSSR count). The lowest BCUT2D eigenvalue weighted by molar-refractivity contribution is 1.12. The minimum absolute atomic E-state index is 0.953. The Labute approximate surface area is 272 Å². The van der Waals surface area contributed by atoms with Crippen LogP contribution in [0.5, 0.6) is 0 Å². The summed E-state index contributed by atoms with van der Waals surface area (Å²) in [5.41, 5.74) is 11.6. The summed E-state index contributed by atoms with van der Waals surface area (Å²) in [6.07, 6.45) is 2.94. The highest BCUT2D eigenvalue weighted by atomic mass is 15.1. The molecule has 7 aromatic carbocycles.